The van der Waals surface area contributed by atoms with Gasteiger partial charge in [-0.15, -0.1) is 0 Å². The number of carbonyl (C=O) groups is 1. The zero-order valence-electron chi connectivity index (χ0n) is 10.3. The standard InChI is InChI=1S/C13H24BrNO/c1-2-3-4-5-13(16)15-10-11-6-8-12(14)9-7-11/h11-12H,2-10H2,1H3,(H,15,16). The molecule has 0 aromatic carbocycles. The van der Waals surface area contributed by atoms with Crippen molar-refractivity contribution in [1.29, 1.82) is 0 Å². The van der Waals surface area contributed by atoms with Crippen molar-refractivity contribution in [2.24, 2.45) is 5.92 Å². The minimum Gasteiger partial charge on any atom is -0.356 e. The summed E-state index contributed by atoms with van der Waals surface area (Å²) in [5.74, 6) is 0.957. The summed E-state index contributed by atoms with van der Waals surface area (Å²) in [6.45, 7) is 3.06. The third kappa shape index (κ3) is 5.88. The highest BCUT2D eigenvalue weighted by atomic mass is 79.9. The molecule has 94 valence electrons. The monoisotopic (exact) mass is 289 g/mol. The first-order chi connectivity index (χ1) is 7.72. The molecule has 1 amide bonds. The first kappa shape index (κ1) is 14.0. The van der Waals surface area contributed by atoms with Crippen LogP contribution in [0.4, 0.5) is 0 Å². The number of rotatable bonds is 6. The summed E-state index contributed by atoms with van der Waals surface area (Å²) in [7, 11) is 0. The summed E-state index contributed by atoms with van der Waals surface area (Å²) in [4.78, 5) is 12.2. The average Bonchev–Trinajstić information content (AvgIpc) is 2.29. The fourth-order valence-corrected chi connectivity index (χ4v) is 2.74. The first-order valence-corrected chi connectivity index (χ1v) is 7.54. The van der Waals surface area contributed by atoms with E-state index in [1.54, 1.807) is 0 Å². The fourth-order valence-electron chi connectivity index (χ4n) is 2.21. The van der Waals surface area contributed by atoms with Crippen LogP contribution in [0, 0.1) is 5.92 Å². The molecule has 1 rings (SSSR count). The largest absolute Gasteiger partial charge is 0.356 e. The molecule has 0 aromatic rings. The lowest BCUT2D eigenvalue weighted by Crippen LogP contribution is -2.31. The Bertz CT molecular complexity index is 200. The van der Waals surface area contributed by atoms with E-state index in [4.69, 9.17) is 0 Å². The van der Waals surface area contributed by atoms with E-state index in [2.05, 4.69) is 28.2 Å². The number of nitrogens with one attached hydrogen (secondary N) is 1. The van der Waals surface area contributed by atoms with Gasteiger partial charge in [-0.2, -0.15) is 0 Å². The number of carbonyl (C=O) groups excluding carboxylic acids is 1. The molecule has 1 aliphatic carbocycles. The maximum Gasteiger partial charge on any atom is 0.220 e. The van der Waals surface area contributed by atoms with Crippen molar-refractivity contribution in [2.75, 3.05) is 6.54 Å². The third-order valence-electron chi connectivity index (χ3n) is 3.37. The topological polar surface area (TPSA) is 29.1 Å². The molecule has 1 fully saturated rings. The van der Waals surface area contributed by atoms with Gasteiger partial charge >= 0.3 is 0 Å². The van der Waals surface area contributed by atoms with Crippen molar-refractivity contribution in [2.45, 2.75) is 63.1 Å². The lowest BCUT2D eigenvalue weighted by atomic mass is 9.89. The van der Waals surface area contributed by atoms with Gasteiger partial charge in [0.1, 0.15) is 0 Å². The lowest BCUT2D eigenvalue weighted by molar-refractivity contribution is -0.121. The Morgan fingerprint density at radius 2 is 1.94 bits per heavy atom. The van der Waals surface area contributed by atoms with Crippen LogP contribution < -0.4 is 5.32 Å². The van der Waals surface area contributed by atoms with Gasteiger partial charge in [0.15, 0.2) is 0 Å². The molecule has 0 saturated heterocycles. The molecule has 0 atom stereocenters. The zero-order chi connectivity index (χ0) is 11.8. The van der Waals surface area contributed by atoms with Crippen molar-refractivity contribution < 1.29 is 4.79 Å². The van der Waals surface area contributed by atoms with E-state index in [1.165, 1.54) is 38.5 Å². The molecule has 0 bridgehead atoms. The quantitative estimate of drug-likeness (QED) is 0.587. The Labute approximate surface area is 108 Å². The van der Waals surface area contributed by atoms with Crippen molar-refractivity contribution in [3.63, 3.8) is 0 Å². The zero-order valence-corrected chi connectivity index (χ0v) is 11.9. The summed E-state index contributed by atoms with van der Waals surface area (Å²) < 4.78 is 0. The maximum absolute atomic E-state index is 11.5. The highest BCUT2D eigenvalue weighted by Gasteiger charge is 2.19. The van der Waals surface area contributed by atoms with Gasteiger partial charge < -0.3 is 5.32 Å². The minimum absolute atomic E-state index is 0.245. The Morgan fingerprint density at radius 3 is 2.56 bits per heavy atom. The highest BCUT2D eigenvalue weighted by molar-refractivity contribution is 9.09. The predicted octanol–water partition coefficient (Wildman–Crippen LogP) is 3.64. The van der Waals surface area contributed by atoms with Crippen molar-refractivity contribution in [3.05, 3.63) is 0 Å². The van der Waals surface area contributed by atoms with Gasteiger partial charge in [-0.05, 0) is 38.0 Å². The van der Waals surface area contributed by atoms with E-state index in [0.717, 1.165) is 13.0 Å². The second-order valence-electron chi connectivity index (χ2n) is 4.88. The van der Waals surface area contributed by atoms with Crippen LogP contribution in [-0.2, 0) is 4.79 Å². The lowest BCUT2D eigenvalue weighted by Gasteiger charge is -2.25. The van der Waals surface area contributed by atoms with Gasteiger partial charge in [-0.25, -0.2) is 0 Å². The van der Waals surface area contributed by atoms with E-state index in [0.29, 0.717) is 17.2 Å². The summed E-state index contributed by atoms with van der Waals surface area (Å²) in [5.41, 5.74) is 0. The van der Waals surface area contributed by atoms with E-state index in [9.17, 15) is 4.79 Å². The normalized spacial score (nSPS) is 25.4. The minimum atomic E-state index is 0.245. The van der Waals surface area contributed by atoms with Gasteiger partial charge in [0.05, 0.1) is 0 Å². The van der Waals surface area contributed by atoms with Crippen LogP contribution in [0.3, 0.4) is 0 Å². The second kappa shape index (κ2) is 8.10. The number of hydrogen-bond acceptors (Lipinski definition) is 1. The molecule has 0 aliphatic heterocycles. The van der Waals surface area contributed by atoms with Crippen molar-refractivity contribution >= 4 is 21.8 Å². The summed E-state index contributed by atoms with van der Waals surface area (Å²) in [6.07, 6.45) is 9.13. The van der Waals surface area contributed by atoms with Crippen molar-refractivity contribution in [1.82, 2.24) is 5.32 Å². The number of hydrogen-bond donors (Lipinski definition) is 1. The Balaban J connectivity index is 2.03. The number of unbranched alkanes of at least 4 members (excludes halogenated alkanes) is 2. The Hall–Kier alpha value is -0.0500. The van der Waals surface area contributed by atoms with Gasteiger partial charge in [-0.1, -0.05) is 35.7 Å². The summed E-state index contributed by atoms with van der Waals surface area (Å²) >= 11 is 3.65. The molecular formula is C13H24BrNO. The highest BCUT2D eigenvalue weighted by Crippen LogP contribution is 2.28. The van der Waals surface area contributed by atoms with Crippen LogP contribution in [0.1, 0.15) is 58.3 Å². The molecule has 2 nitrogen and oxygen atoms in total. The van der Waals surface area contributed by atoms with Gasteiger partial charge in [-0.3, -0.25) is 4.79 Å². The molecule has 0 aromatic heterocycles. The van der Waals surface area contributed by atoms with Crippen LogP contribution in [0.25, 0.3) is 0 Å². The molecule has 1 aliphatic rings. The fraction of sp³-hybridized carbons (Fsp3) is 0.923. The molecule has 0 radical (unpaired) electrons. The van der Waals surface area contributed by atoms with Crippen LogP contribution >= 0.6 is 15.9 Å². The summed E-state index contributed by atoms with van der Waals surface area (Å²) in [5, 5.41) is 3.07. The van der Waals surface area contributed by atoms with Gasteiger partial charge in [0, 0.05) is 17.8 Å². The van der Waals surface area contributed by atoms with Crippen LogP contribution in [-0.4, -0.2) is 17.3 Å². The number of halogens is 1. The molecule has 1 saturated carbocycles. The molecular weight excluding hydrogens is 266 g/mol. The third-order valence-corrected chi connectivity index (χ3v) is 4.29. The molecule has 0 unspecified atom stereocenters. The molecule has 16 heavy (non-hydrogen) atoms. The van der Waals surface area contributed by atoms with E-state index in [1.807, 2.05) is 0 Å². The number of alkyl halides is 1. The molecule has 0 heterocycles. The summed E-state index contributed by atoms with van der Waals surface area (Å²) in [6, 6.07) is 0. The molecule has 1 N–H and O–H groups in total. The van der Waals surface area contributed by atoms with Gasteiger partial charge in [0.25, 0.3) is 0 Å². The second-order valence-corrected chi connectivity index (χ2v) is 6.17. The number of amides is 1. The smallest absolute Gasteiger partial charge is 0.220 e. The molecule has 0 spiro atoms. The average molecular weight is 290 g/mol. The van der Waals surface area contributed by atoms with Gasteiger partial charge in [0.2, 0.25) is 5.91 Å². The van der Waals surface area contributed by atoms with Crippen molar-refractivity contribution in [3.8, 4) is 0 Å². The van der Waals surface area contributed by atoms with E-state index >= 15 is 0 Å². The Kier molecular flexibility index (Phi) is 7.10. The van der Waals surface area contributed by atoms with Crippen LogP contribution in [0.2, 0.25) is 0 Å². The van der Waals surface area contributed by atoms with E-state index < -0.39 is 0 Å². The first-order valence-electron chi connectivity index (χ1n) is 6.63. The van der Waals surface area contributed by atoms with E-state index in [-0.39, 0.29) is 5.91 Å². The van der Waals surface area contributed by atoms with Crippen LogP contribution in [0.15, 0.2) is 0 Å². The SMILES string of the molecule is CCCCCC(=O)NCC1CCC(Br)CC1. The Morgan fingerprint density at radius 1 is 1.25 bits per heavy atom. The molecule has 3 heteroatoms. The maximum atomic E-state index is 11.5. The predicted molar refractivity (Wildman–Crippen MR) is 71.8 cm³/mol. The van der Waals surface area contributed by atoms with Crippen LogP contribution in [0.5, 0.6) is 0 Å².